The molecule has 1 atom stereocenters. The molecule has 0 saturated carbocycles. The minimum atomic E-state index is -0.224. The van der Waals surface area contributed by atoms with Crippen molar-refractivity contribution in [2.24, 2.45) is 11.1 Å². The van der Waals surface area contributed by atoms with Crippen molar-refractivity contribution in [1.82, 2.24) is 0 Å². The van der Waals surface area contributed by atoms with E-state index in [-0.39, 0.29) is 11.5 Å². The number of nitrogens with two attached hydrogens (primary N) is 1. The van der Waals surface area contributed by atoms with Gasteiger partial charge >= 0.3 is 0 Å². The molecule has 0 aromatic heterocycles. The number of hydrogen-bond acceptors (Lipinski definition) is 3. The molecule has 0 amide bonds. The van der Waals surface area contributed by atoms with Gasteiger partial charge in [-0.1, -0.05) is 6.07 Å². The van der Waals surface area contributed by atoms with Gasteiger partial charge in [-0.15, -0.1) is 0 Å². The van der Waals surface area contributed by atoms with Crippen LogP contribution in [0.25, 0.3) is 0 Å². The van der Waals surface area contributed by atoms with Crippen molar-refractivity contribution >= 4 is 0 Å². The highest BCUT2D eigenvalue weighted by atomic mass is 16.5. The Balaban J connectivity index is 1.79. The lowest BCUT2D eigenvalue weighted by Gasteiger charge is -2.22. The van der Waals surface area contributed by atoms with Crippen LogP contribution in [-0.4, -0.2) is 6.61 Å². The zero-order valence-electron chi connectivity index (χ0n) is 13.2. The number of rotatable bonds is 6. The normalized spacial score (nSPS) is 17.9. The molecule has 0 aliphatic heterocycles. The Morgan fingerprint density at radius 3 is 2.95 bits per heavy atom. The van der Waals surface area contributed by atoms with Crippen LogP contribution in [0.15, 0.2) is 18.2 Å². The number of unbranched alkanes of at least 4 members (excludes halogenated alkanes) is 1. The molecule has 3 nitrogen and oxygen atoms in total. The minimum Gasteiger partial charge on any atom is -0.494 e. The molecule has 1 aromatic rings. The first kappa shape index (κ1) is 15.9. The maximum Gasteiger partial charge on any atom is 0.119 e. The summed E-state index contributed by atoms with van der Waals surface area (Å²) in [4.78, 5) is 0. The monoisotopic (exact) mass is 286 g/mol. The Labute approximate surface area is 128 Å². The fourth-order valence-electron chi connectivity index (χ4n) is 2.82. The van der Waals surface area contributed by atoms with Crippen molar-refractivity contribution in [3.63, 3.8) is 0 Å². The van der Waals surface area contributed by atoms with E-state index in [1.165, 1.54) is 17.5 Å². The van der Waals surface area contributed by atoms with Gasteiger partial charge in [-0.05, 0) is 75.6 Å². The van der Waals surface area contributed by atoms with Crippen LogP contribution in [0.1, 0.15) is 63.1 Å². The van der Waals surface area contributed by atoms with Crippen LogP contribution in [0.2, 0.25) is 0 Å². The molecule has 2 N–H and O–H groups in total. The lowest BCUT2D eigenvalue weighted by atomic mass is 9.88. The van der Waals surface area contributed by atoms with E-state index in [0.29, 0.717) is 6.61 Å². The average Bonchev–Trinajstić information content (AvgIpc) is 2.47. The third-order valence-electron chi connectivity index (χ3n) is 4.25. The van der Waals surface area contributed by atoms with Gasteiger partial charge in [0.05, 0.1) is 18.1 Å². The Morgan fingerprint density at radius 2 is 2.19 bits per heavy atom. The van der Waals surface area contributed by atoms with Gasteiger partial charge in [0.1, 0.15) is 5.75 Å². The van der Waals surface area contributed by atoms with Gasteiger partial charge in [0.2, 0.25) is 0 Å². The van der Waals surface area contributed by atoms with Gasteiger partial charge in [0.15, 0.2) is 0 Å². The third kappa shape index (κ3) is 4.47. The predicted molar refractivity (Wildman–Crippen MR) is 85.0 cm³/mol. The van der Waals surface area contributed by atoms with E-state index in [4.69, 9.17) is 15.7 Å². The third-order valence-corrected chi connectivity index (χ3v) is 4.25. The van der Waals surface area contributed by atoms with Crippen LogP contribution >= 0.6 is 0 Å². The molecule has 0 spiro atoms. The summed E-state index contributed by atoms with van der Waals surface area (Å²) in [6.07, 6.45) is 6.30. The SMILES string of the molecule is CC(C)(C#N)CCCCOc1ccc2c(c1)C(N)CCC2. The van der Waals surface area contributed by atoms with Gasteiger partial charge in [-0.25, -0.2) is 0 Å². The topological polar surface area (TPSA) is 59.0 Å². The molecule has 0 saturated heterocycles. The molecule has 1 aliphatic rings. The second-order valence-corrected chi connectivity index (χ2v) is 6.66. The number of fused-ring (bicyclic) bond motifs is 1. The van der Waals surface area contributed by atoms with E-state index < -0.39 is 0 Å². The van der Waals surface area contributed by atoms with Crippen molar-refractivity contribution in [1.29, 1.82) is 5.26 Å². The van der Waals surface area contributed by atoms with Gasteiger partial charge in [0, 0.05) is 6.04 Å². The molecule has 0 bridgehead atoms. The molecule has 0 heterocycles. The molecule has 3 heteroatoms. The first-order valence-corrected chi connectivity index (χ1v) is 7.94. The van der Waals surface area contributed by atoms with E-state index in [9.17, 15) is 0 Å². The zero-order valence-corrected chi connectivity index (χ0v) is 13.2. The Morgan fingerprint density at radius 1 is 1.38 bits per heavy atom. The van der Waals surface area contributed by atoms with Crippen molar-refractivity contribution in [3.8, 4) is 11.8 Å². The first-order chi connectivity index (χ1) is 10.0. The molecule has 1 unspecified atom stereocenters. The Kier molecular flexibility index (Phi) is 5.25. The highest BCUT2D eigenvalue weighted by Crippen LogP contribution is 2.31. The van der Waals surface area contributed by atoms with Gasteiger partial charge < -0.3 is 10.5 Å². The number of aryl methyl sites for hydroxylation is 1. The fourth-order valence-corrected chi connectivity index (χ4v) is 2.82. The van der Waals surface area contributed by atoms with Crippen LogP contribution in [0, 0.1) is 16.7 Å². The maximum absolute atomic E-state index is 8.97. The summed E-state index contributed by atoms with van der Waals surface area (Å²) in [5, 5.41) is 8.97. The molecular weight excluding hydrogens is 260 g/mol. The largest absolute Gasteiger partial charge is 0.494 e. The summed E-state index contributed by atoms with van der Waals surface area (Å²) in [7, 11) is 0. The van der Waals surface area contributed by atoms with Gasteiger partial charge in [-0.2, -0.15) is 5.26 Å². The first-order valence-electron chi connectivity index (χ1n) is 7.94. The number of ether oxygens (including phenoxy) is 1. The van der Waals surface area contributed by atoms with Crippen LogP contribution in [0.4, 0.5) is 0 Å². The predicted octanol–water partition coefficient (Wildman–Crippen LogP) is 4.12. The molecule has 1 aromatic carbocycles. The van der Waals surface area contributed by atoms with Crippen LogP contribution < -0.4 is 10.5 Å². The van der Waals surface area contributed by atoms with Crippen LogP contribution in [0.5, 0.6) is 5.75 Å². The van der Waals surface area contributed by atoms with E-state index in [1.807, 2.05) is 13.8 Å². The molecule has 114 valence electrons. The quantitative estimate of drug-likeness (QED) is 0.800. The Hall–Kier alpha value is -1.53. The fraction of sp³-hybridized carbons (Fsp3) is 0.611. The zero-order chi connectivity index (χ0) is 15.3. The minimum absolute atomic E-state index is 0.161. The molecular formula is C18H26N2O. The maximum atomic E-state index is 8.97. The van der Waals surface area contributed by atoms with E-state index in [1.54, 1.807) is 0 Å². The van der Waals surface area contributed by atoms with Gasteiger partial charge in [-0.3, -0.25) is 0 Å². The summed E-state index contributed by atoms with van der Waals surface area (Å²) in [6.45, 7) is 4.67. The summed E-state index contributed by atoms with van der Waals surface area (Å²) >= 11 is 0. The summed E-state index contributed by atoms with van der Waals surface area (Å²) in [6, 6.07) is 8.81. The van der Waals surface area contributed by atoms with Crippen LogP contribution in [-0.2, 0) is 6.42 Å². The highest BCUT2D eigenvalue weighted by molar-refractivity contribution is 5.39. The second kappa shape index (κ2) is 6.95. The molecule has 21 heavy (non-hydrogen) atoms. The number of nitriles is 1. The smallest absolute Gasteiger partial charge is 0.119 e. The van der Waals surface area contributed by atoms with E-state index >= 15 is 0 Å². The number of benzene rings is 1. The molecule has 0 radical (unpaired) electrons. The van der Waals surface area contributed by atoms with Crippen molar-refractivity contribution in [2.45, 2.75) is 58.4 Å². The molecule has 2 rings (SSSR count). The average molecular weight is 286 g/mol. The van der Waals surface area contributed by atoms with Crippen LogP contribution in [0.3, 0.4) is 0 Å². The van der Waals surface area contributed by atoms with Crippen molar-refractivity contribution < 1.29 is 4.74 Å². The summed E-state index contributed by atoms with van der Waals surface area (Å²) in [5.41, 5.74) is 8.57. The van der Waals surface area contributed by atoms with Crippen molar-refractivity contribution in [3.05, 3.63) is 29.3 Å². The molecule has 1 aliphatic carbocycles. The van der Waals surface area contributed by atoms with E-state index in [2.05, 4.69) is 24.3 Å². The standard InChI is InChI=1S/C18H26N2O/c1-18(2,13-19)10-3-4-11-21-15-9-8-14-6-5-7-17(20)16(14)12-15/h8-9,12,17H,3-7,10-11,20H2,1-2H3. The lowest BCUT2D eigenvalue weighted by molar-refractivity contribution is 0.294. The van der Waals surface area contributed by atoms with Gasteiger partial charge in [0.25, 0.3) is 0 Å². The summed E-state index contributed by atoms with van der Waals surface area (Å²) < 4.78 is 5.83. The Bertz CT molecular complexity index is 516. The van der Waals surface area contributed by atoms with Crippen molar-refractivity contribution in [2.75, 3.05) is 6.61 Å². The summed E-state index contributed by atoms with van der Waals surface area (Å²) in [5.74, 6) is 0.922. The second-order valence-electron chi connectivity index (χ2n) is 6.66. The molecule has 0 fully saturated rings. The lowest BCUT2D eigenvalue weighted by Crippen LogP contribution is -2.17. The number of nitrogens with zero attached hydrogens (tertiary/aromatic N) is 1. The number of hydrogen-bond donors (Lipinski definition) is 1. The highest BCUT2D eigenvalue weighted by Gasteiger charge is 2.17. The van der Waals surface area contributed by atoms with E-state index in [0.717, 1.165) is 37.9 Å².